The van der Waals surface area contributed by atoms with Crippen LogP contribution in [0, 0.1) is 0 Å². The summed E-state index contributed by atoms with van der Waals surface area (Å²) < 4.78 is 7.87. The zero-order chi connectivity index (χ0) is 22.3. The molecule has 0 aromatic carbocycles. The van der Waals surface area contributed by atoms with Crippen molar-refractivity contribution in [2.24, 2.45) is 7.05 Å². The molecule has 9 heteroatoms. The molecule has 4 rings (SSSR count). The monoisotopic (exact) mass is 453 g/mol. The molecule has 0 N–H and O–H groups in total. The van der Waals surface area contributed by atoms with Crippen molar-refractivity contribution in [1.82, 2.24) is 24.6 Å². The van der Waals surface area contributed by atoms with Gasteiger partial charge in [0, 0.05) is 62.1 Å². The number of hydrogen-bond acceptors (Lipinski definition) is 6. The van der Waals surface area contributed by atoms with Crippen molar-refractivity contribution < 1.29 is 14.3 Å². The Labute approximate surface area is 191 Å². The van der Waals surface area contributed by atoms with E-state index in [4.69, 9.17) is 4.74 Å². The average Bonchev–Trinajstić information content (AvgIpc) is 3.43. The molecule has 2 amide bonds. The van der Waals surface area contributed by atoms with Crippen LogP contribution in [0.3, 0.4) is 0 Å². The number of nitrogens with zero attached hydrogens (tertiary/aromatic N) is 5. The van der Waals surface area contributed by atoms with Crippen LogP contribution in [0.5, 0.6) is 0 Å². The number of aromatic nitrogens is 3. The van der Waals surface area contributed by atoms with Gasteiger partial charge in [-0.3, -0.25) is 19.3 Å². The Hall–Kier alpha value is -3.04. The van der Waals surface area contributed by atoms with Gasteiger partial charge in [0.15, 0.2) is 0 Å². The first kappa shape index (κ1) is 22.2. The number of aryl methyl sites for hydroxylation is 2. The molecular formula is C23H27N5O3S. The van der Waals surface area contributed by atoms with E-state index >= 15 is 0 Å². The van der Waals surface area contributed by atoms with Crippen LogP contribution in [0.15, 0.2) is 54.4 Å². The summed E-state index contributed by atoms with van der Waals surface area (Å²) in [6.07, 6.45) is 7.91. The molecule has 0 bridgehead atoms. The predicted molar refractivity (Wildman–Crippen MR) is 121 cm³/mol. The second-order valence-electron chi connectivity index (χ2n) is 7.94. The van der Waals surface area contributed by atoms with Gasteiger partial charge in [0.05, 0.1) is 25.5 Å². The lowest BCUT2D eigenvalue weighted by Gasteiger charge is -2.24. The Balaban J connectivity index is 1.45. The van der Waals surface area contributed by atoms with Crippen LogP contribution < -0.4 is 0 Å². The number of thiophene rings is 1. The highest BCUT2D eigenvalue weighted by atomic mass is 32.1. The molecule has 1 saturated heterocycles. The van der Waals surface area contributed by atoms with Crippen LogP contribution in [0.4, 0.5) is 0 Å². The maximum absolute atomic E-state index is 13.0. The Morgan fingerprint density at radius 3 is 2.84 bits per heavy atom. The van der Waals surface area contributed by atoms with E-state index in [2.05, 4.69) is 10.1 Å². The van der Waals surface area contributed by atoms with Gasteiger partial charge in [0.2, 0.25) is 11.8 Å². The van der Waals surface area contributed by atoms with Crippen molar-refractivity contribution in [1.29, 1.82) is 0 Å². The largest absolute Gasteiger partial charge is 0.370 e. The number of pyridine rings is 1. The van der Waals surface area contributed by atoms with Crippen LogP contribution in [0.25, 0.3) is 0 Å². The molecule has 0 spiro atoms. The SMILES string of the molecule is Cn1cc(CN2C[C@@H](OCc3cccnc3)CN(C(=O)CCc3cccs3)CC2=O)cn1. The first-order chi connectivity index (χ1) is 15.6. The zero-order valence-electron chi connectivity index (χ0n) is 18.1. The maximum Gasteiger partial charge on any atom is 0.242 e. The molecule has 1 atom stereocenters. The molecule has 1 fully saturated rings. The lowest BCUT2D eigenvalue weighted by Crippen LogP contribution is -2.39. The molecule has 1 aliphatic rings. The molecule has 4 heterocycles. The minimum Gasteiger partial charge on any atom is -0.370 e. The highest BCUT2D eigenvalue weighted by Gasteiger charge is 2.31. The van der Waals surface area contributed by atoms with E-state index in [0.29, 0.717) is 39.1 Å². The van der Waals surface area contributed by atoms with E-state index in [0.717, 1.165) is 11.1 Å². The van der Waals surface area contributed by atoms with Gasteiger partial charge < -0.3 is 14.5 Å². The van der Waals surface area contributed by atoms with Crippen molar-refractivity contribution in [3.05, 3.63) is 70.4 Å². The fourth-order valence-electron chi connectivity index (χ4n) is 3.74. The highest BCUT2D eigenvalue weighted by molar-refractivity contribution is 7.09. The van der Waals surface area contributed by atoms with Crippen LogP contribution in [0.2, 0.25) is 0 Å². The van der Waals surface area contributed by atoms with E-state index in [1.807, 2.05) is 42.9 Å². The molecular weight excluding hydrogens is 426 g/mol. The highest BCUT2D eigenvalue weighted by Crippen LogP contribution is 2.16. The number of ether oxygens (including phenoxy) is 1. The van der Waals surface area contributed by atoms with Crippen LogP contribution in [0.1, 0.15) is 22.4 Å². The van der Waals surface area contributed by atoms with Gasteiger partial charge in [-0.05, 0) is 29.5 Å². The van der Waals surface area contributed by atoms with Crippen molar-refractivity contribution in [2.75, 3.05) is 19.6 Å². The van der Waals surface area contributed by atoms with Crippen molar-refractivity contribution in [3.63, 3.8) is 0 Å². The summed E-state index contributed by atoms with van der Waals surface area (Å²) in [5, 5.41) is 6.20. The summed E-state index contributed by atoms with van der Waals surface area (Å²) in [6, 6.07) is 7.83. The van der Waals surface area contributed by atoms with Crippen LogP contribution in [-0.4, -0.2) is 62.1 Å². The quantitative estimate of drug-likeness (QED) is 0.523. The second-order valence-corrected chi connectivity index (χ2v) is 8.98. The van der Waals surface area contributed by atoms with Gasteiger partial charge in [0.1, 0.15) is 0 Å². The summed E-state index contributed by atoms with van der Waals surface area (Å²) in [7, 11) is 1.85. The molecule has 0 saturated carbocycles. The van der Waals surface area contributed by atoms with Gasteiger partial charge in [-0.15, -0.1) is 11.3 Å². The molecule has 168 valence electrons. The number of amides is 2. The van der Waals surface area contributed by atoms with Crippen LogP contribution in [-0.2, 0) is 40.9 Å². The molecule has 3 aromatic heterocycles. The zero-order valence-corrected chi connectivity index (χ0v) is 18.9. The van der Waals surface area contributed by atoms with E-state index in [1.165, 1.54) is 4.88 Å². The fourth-order valence-corrected chi connectivity index (χ4v) is 4.45. The first-order valence-electron chi connectivity index (χ1n) is 10.6. The van der Waals surface area contributed by atoms with Gasteiger partial charge in [-0.2, -0.15) is 5.10 Å². The average molecular weight is 454 g/mol. The Kier molecular flexibility index (Phi) is 7.28. The summed E-state index contributed by atoms with van der Waals surface area (Å²) in [4.78, 5) is 34.7. The molecule has 32 heavy (non-hydrogen) atoms. The van der Waals surface area contributed by atoms with Crippen LogP contribution >= 0.6 is 11.3 Å². The second kappa shape index (κ2) is 10.5. The topological polar surface area (TPSA) is 80.6 Å². The van der Waals surface area contributed by atoms with E-state index in [9.17, 15) is 9.59 Å². The first-order valence-corrected chi connectivity index (χ1v) is 11.5. The number of rotatable bonds is 8. The van der Waals surface area contributed by atoms with Gasteiger partial charge in [0.25, 0.3) is 0 Å². The standard InChI is InChI=1S/C23H27N5O3S/c1-26-12-19(11-25-26)13-27-14-20(31-17-18-4-2-8-24-10-18)15-28(16-23(27)30)22(29)7-6-21-5-3-9-32-21/h2-5,8-12,20H,6-7,13-17H2,1H3/t20-/m1/s1. The van der Waals surface area contributed by atoms with Gasteiger partial charge in [-0.25, -0.2) is 0 Å². The van der Waals surface area contributed by atoms with Crippen molar-refractivity contribution >= 4 is 23.2 Å². The number of carbonyl (C=O) groups is 2. The third-order valence-electron chi connectivity index (χ3n) is 5.39. The third kappa shape index (κ3) is 6.02. The normalized spacial score (nSPS) is 16.9. The van der Waals surface area contributed by atoms with Crippen molar-refractivity contribution in [3.8, 4) is 0 Å². The molecule has 0 radical (unpaired) electrons. The fraction of sp³-hybridized carbons (Fsp3) is 0.391. The summed E-state index contributed by atoms with van der Waals surface area (Å²) in [5.41, 5.74) is 1.90. The van der Waals surface area contributed by atoms with E-state index in [-0.39, 0.29) is 24.5 Å². The van der Waals surface area contributed by atoms with E-state index in [1.54, 1.807) is 44.4 Å². The summed E-state index contributed by atoms with van der Waals surface area (Å²) in [6.45, 7) is 1.69. The molecule has 1 aliphatic heterocycles. The van der Waals surface area contributed by atoms with Crippen molar-refractivity contribution in [2.45, 2.75) is 32.1 Å². The van der Waals surface area contributed by atoms with E-state index < -0.39 is 0 Å². The summed E-state index contributed by atoms with van der Waals surface area (Å²) >= 11 is 1.64. The maximum atomic E-state index is 13.0. The lowest BCUT2D eigenvalue weighted by molar-refractivity contribution is -0.139. The Morgan fingerprint density at radius 1 is 1.22 bits per heavy atom. The Morgan fingerprint density at radius 2 is 2.12 bits per heavy atom. The smallest absolute Gasteiger partial charge is 0.242 e. The predicted octanol–water partition coefficient (Wildman–Crippen LogP) is 2.27. The molecule has 0 aliphatic carbocycles. The number of hydrogen-bond donors (Lipinski definition) is 0. The lowest BCUT2D eigenvalue weighted by atomic mass is 10.2. The number of carbonyl (C=O) groups excluding carboxylic acids is 2. The third-order valence-corrected chi connectivity index (χ3v) is 6.32. The molecule has 3 aromatic rings. The Bertz CT molecular complexity index is 1020. The molecule has 0 unspecified atom stereocenters. The molecule has 8 nitrogen and oxygen atoms in total. The summed E-state index contributed by atoms with van der Waals surface area (Å²) in [5.74, 6) is -0.101. The van der Waals surface area contributed by atoms with Gasteiger partial charge in [-0.1, -0.05) is 12.1 Å². The van der Waals surface area contributed by atoms with Gasteiger partial charge >= 0.3 is 0 Å². The minimum absolute atomic E-state index is 0.0232. The minimum atomic E-state index is -0.288.